The number of carbonyl (C=O) groups is 1. The molecule has 2 aromatic rings. The Hall–Kier alpha value is -1.66. The summed E-state index contributed by atoms with van der Waals surface area (Å²) in [7, 11) is 1.60. The summed E-state index contributed by atoms with van der Waals surface area (Å²) < 4.78 is 6.84. The number of amides is 1. The number of ether oxygens (including phenoxy) is 1. The third kappa shape index (κ3) is 4.18. The van der Waals surface area contributed by atoms with E-state index in [4.69, 9.17) is 4.74 Å². The van der Waals surface area contributed by atoms with Crippen LogP contribution < -0.4 is 10.2 Å². The number of halogens is 2. The van der Waals surface area contributed by atoms with Crippen molar-refractivity contribution in [3.05, 3.63) is 62.0 Å². The minimum absolute atomic E-state index is 0.247. The monoisotopic (exact) mass is 424 g/mol. The van der Waals surface area contributed by atoms with Crippen molar-refractivity contribution < 1.29 is 9.53 Å². The highest BCUT2D eigenvalue weighted by Gasteiger charge is 2.07. The molecule has 0 aliphatic heterocycles. The molecule has 2 rings (SSSR count). The van der Waals surface area contributed by atoms with Crippen molar-refractivity contribution in [3.63, 3.8) is 0 Å². The number of hydrazone groups is 1. The van der Waals surface area contributed by atoms with Gasteiger partial charge in [-0.05, 0) is 68.6 Å². The van der Waals surface area contributed by atoms with Crippen molar-refractivity contribution in [2.24, 2.45) is 5.10 Å². The highest BCUT2D eigenvalue weighted by molar-refractivity contribution is 9.11. The van der Waals surface area contributed by atoms with Crippen LogP contribution in [0.1, 0.15) is 21.5 Å². The number of carbonyl (C=O) groups excluding carboxylic acids is 1. The topological polar surface area (TPSA) is 50.7 Å². The Labute approximate surface area is 145 Å². The second-order valence-corrected chi connectivity index (χ2v) is 6.29. The van der Waals surface area contributed by atoms with Gasteiger partial charge < -0.3 is 4.74 Å². The minimum Gasteiger partial charge on any atom is -0.494 e. The highest BCUT2D eigenvalue weighted by atomic mass is 79.9. The van der Waals surface area contributed by atoms with Crippen LogP contribution in [0.15, 0.2) is 50.4 Å². The lowest BCUT2D eigenvalue weighted by Crippen LogP contribution is -2.17. The molecular formula is C16H14Br2N2O2. The molecule has 0 unspecified atom stereocenters. The lowest BCUT2D eigenvalue weighted by molar-refractivity contribution is 0.0955. The fourth-order valence-electron chi connectivity index (χ4n) is 1.78. The molecule has 0 aromatic heterocycles. The standard InChI is InChI=1S/C16H14Br2N2O2/c1-10-3-5-12(6-4-10)16(21)20-19-9-11-7-13(17)15(22-2)14(18)8-11/h3-9H,1-2H3,(H,20,21)/b19-9+. The average Bonchev–Trinajstić information content (AvgIpc) is 2.47. The lowest BCUT2D eigenvalue weighted by Gasteiger charge is -2.06. The zero-order valence-electron chi connectivity index (χ0n) is 12.1. The number of hydrogen-bond acceptors (Lipinski definition) is 3. The maximum absolute atomic E-state index is 11.9. The van der Waals surface area contributed by atoms with E-state index in [0.29, 0.717) is 11.3 Å². The Morgan fingerprint density at radius 2 is 1.77 bits per heavy atom. The van der Waals surface area contributed by atoms with Crippen LogP contribution in [0, 0.1) is 6.92 Å². The van der Waals surface area contributed by atoms with Gasteiger partial charge in [-0.2, -0.15) is 5.10 Å². The second kappa shape index (κ2) is 7.56. The zero-order chi connectivity index (χ0) is 16.1. The number of hydrogen-bond donors (Lipinski definition) is 1. The lowest BCUT2D eigenvalue weighted by atomic mass is 10.1. The smallest absolute Gasteiger partial charge is 0.271 e. The Bertz CT molecular complexity index is 690. The van der Waals surface area contributed by atoms with Gasteiger partial charge in [0.15, 0.2) is 0 Å². The van der Waals surface area contributed by atoms with Gasteiger partial charge in [-0.3, -0.25) is 4.79 Å². The van der Waals surface area contributed by atoms with Gasteiger partial charge in [0.2, 0.25) is 0 Å². The molecule has 6 heteroatoms. The second-order valence-electron chi connectivity index (χ2n) is 4.58. The van der Waals surface area contributed by atoms with E-state index < -0.39 is 0 Å². The van der Waals surface area contributed by atoms with Crippen LogP contribution in [-0.4, -0.2) is 19.2 Å². The Morgan fingerprint density at radius 1 is 1.18 bits per heavy atom. The summed E-state index contributed by atoms with van der Waals surface area (Å²) in [6.07, 6.45) is 1.57. The normalized spacial score (nSPS) is 10.7. The number of nitrogens with zero attached hydrogens (tertiary/aromatic N) is 1. The zero-order valence-corrected chi connectivity index (χ0v) is 15.2. The third-order valence-electron chi connectivity index (χ3n) is 2.92. The van der Waals surface area contributed by atoms with E-state index in [9.17, 15) is 4.79 Å². The van der Waals surface area contributed by atoms with Gasteiger partial charge in [0, 0.05) is 5.56 Å². The van der Waals surface area contributed by atoms with Crippen molar-refractivity contribution in [2.45, 2.75) is 6.92 Å². The summed E-state index contributed by atoms with van der Waals surface area (Å²) >= 11 is 6.84. The van der Waals surface area contributed by atoms with E-state index in [2.05, 4.69) is 42.4 Å². The van der Waals surface area contributed by atoms with Crippen LogP contribution in [0.5, 0.6) is 5.75 Å². The molecular weight excluding hydrogens is 412 g/mol. The van der Waals surface area contributed by atoms with Gasteiger partial charge in [0.25, 0.3) is 5.91 Å². The number of rotatable bonds is 4. The van der Waals surface area contributed by atoms with Crippen molar-refractivity contribution >= 4 is 44.0 Å². The van der Waals surface area contributed by atoms with Crippen LogP contribution in [0.4, 0.5) is 0 Å². The summed E-state index contributed by atoms with van der Waals surface area (Å²) in [5.41, 5.74) is 5.00. The first-order chi connectivity index (χ1) is 10.5. The summed E-state index contributed by atoms with van der Waals surface area (Å²) in [5, 5.41) is 3.97. The molecule has 0 aliphatic carbocycles. The van der Waals surface area contributed by atoms with Crippen LogP contribution in [0.25, 0.3) is 0 Å². The molecule has 114 valence electrons. The maximum Gasteiger partial charge on any atom is 0.271 e. The molecule has 0 atom stereocenters. The summed E-state index contributed by atoms with van der Waals surface area (Å²) in [6, 6.07) is 11.0. The molecule has 2 aromatic carbocycles. The number of nitrogens with one attached hydrogen (secondary N) is 1. The van der Waals surface area contributed by atoms with Crippen LogP contribution in [0.3, 0.4) is 0 Å². The molecule has 0 spiro atoms. The van der Waals surface area contributed by atoms with E-state index in [-0.39, 0.29) is 5.91 Å². The van der Waals surface area contributed by atoms with Crippen molar-refractivity contribution in [1.82, 2.24) is 5.43 Å². The van der Waals surface area contributed by atoms with Crippen molar-refractivity contribution in [3.8, 4) is 5.75 Å². The Kier molecular flexibility index (Phi) is 5.74. The first-order valence-corrected chi connectivity index (χ1v) is 8.03. The molecule has 0 saturated heterocycles. The van der Waals surface area contributed by atoms with E-state index in [1.165, 1.54) is 0 Å². The minimum atomic E-state index is -0.247. The first-order valence-electron chi connectivity index (χ1n) is 6.44. The quantitative estimate of drug-likeness (QED) is 0.586. The fourth-order valence-corrected chi connectivity index (χ4v) is 3.33. The van der Waals surface area contributed by atoms with Crippen molar-refractivity contribution in [2.75, 3.05) is 7.11 Å². The summed E-state index contributed by atoms with van der Waals surface area (Å²) in [5.74, 6) is 0.462. The van der Waals surface area contributed by atoms with Gasteiger partial charge in [-0.25, -0.2) is 5.43 Å². The Balaban J connectivity index is 2.06. The van der Waals surface area contributed by atoms with Gasteiger partial charge in [0.1, 0.15) is 5.75 Å². The number of methoxy groups -OCH3 is 1. The first kappa shape index (κ1) is 16.7. The molecule has 0 aliphatic rings. The average molecular weight is 426 g/mol. The largest absolute Gasteiger partial charge is 0.494 e. The summed E-state index contributed by atoms with van der Waals surface area (Å²) in [6.45, 7) is 1.97. The third-order valence-corrected chi connectivity index (χ3v) is 4.10. The van der Waals surface area contributed by atoms with E-state index >= 15 is 0 Å². The molecule has 0 radical (unpaired) electrons. The molecule has 0 heterocycles. The Morgan fingerprint density at radius 3 is 2.32 bits per heavy atom. The predicted molar refractivity (Wildman–Crippen MR) is 94.6 cm³/mol. The molecule has 1 N–H and O–H groups in total. The molecule has 1 amide bonds. The van der Waals surface area contributed by atoms with E-state index in [0.717, 1.165) is 20.1 Å². The predicted octanol–water partition coefficient (Wildman–Crippen LogP) is 4.29. The molecule has 22 heavy (non-hydrogen) atoms. The van der Waals surface area contributed by atoms with Crippen LogP contribution in [0.2, 0.25) is 0 Å². The molecule has 0 saturated carbocycles. The molecule has 0 bridgehead atoms. The molecule has 4 nitrogen and oxygen atoms in total. The van der Waals surface area contributed by atoms with Gasteiger partial charge in [-0.1, -0.05) is 17.7 Å². The van der Waals surface area contributed by atoms with Crippen LogP contribution >= 0.6 is 31.9 Å². The van der Waals surface area contributed by atoms with E-state index in [1.54, 1.807) is 25.5 Å². The van der Waals surface area contributed by atoms with E-state index in [1.807, 2.05) is 31.2 Å². The van der Waals surface area contributed by atoms with Gasteiger partial charge in [0.05, 0.1) is 22.3 Å². The fraction of sp³-hybridized carbons (Fsp3) is 0.125. The highest BCUT2D eigenvalue weighted by Crippen LogP contribution is 2.33. The number of aryl methyl sites for hydroxylation is 1. The SMILES string of the molecule is COc1c(Br)cc(/C=N/NC(=O)c2ccc(C)cc2)cc1Br. The van der Waals surface area contributed by atoms with Crippen molar-refractivity contribution in [1.29, 1.82) is 0 Å². The number of benzene rings is 2. The molecule has 0 fully saturated rings. The summed E-state index contributed by atoms with van der Waals surface area (Å²) in [4.78, 5) is 11.9. The van der Waals surface area contributed by atoms with Gasteiger partial charge >= 0.3 is 0 Å². The van der Waals surface area contributed by atoms with Crippen LogP contribution in [-0.2, 0) is 0 Å². The van der Waals surface area contributed by atoms with Gasteiger partial charge in [-0.15, -0.1) is 0 Å². The maximum atomic E-state index is 11.9.